The molecule has 3 nitrogen and oxygen atoms in total. The van der Waals surface area contributed by atoms with Gasteiger partial charge in [0.25, 0.3) is 0 Å². The number of nitrogens with two attached hydrogens (primary N) is 1. The van der Waals surface area contributed by atoms with Crippen LogP contribution in [-0.4, -0.2) is 11.9 Å². The van der Waals surface area contributed by atoms with E-state index in [1.54, 1.807) is 0 Å². The highest BCUT2D eigenvalue weighted by atomic mass is 16.2. The van der Waals surface area contributed by atoms with Crippen molar-refractivity contribution in [2.45, 2.75) is 33.4 Å². The second-order valence-electron chi connectivity index (χ2n) is 6.20. The normalized spacial score (nSPS) is 13.2. The molecule has 0 spiro atoms. The van der Waals surface area contributed by atoms with Crippen molar-refractivity contribution in [2.24, 2.45) is 11.1 Å². The monoisotopic (exact) mass is 270 g/mol. The summed E-state index contributed by atoms with van der Waals surface area (Å²) in [6.45, 7) is 6.41. The van der Waals surface area contributed by atoms with Gasteiger partial charge in [0, 0.05) is 6.54 Å². The van der Waals surface area contributed by atoms with Crippen LogP contribution < -0.4 is 11.1 Å². The summed E-state index contributed by atoms with van der Waals surface area (Å²) in [5.41, 5.74) is 6.83. The predicted octanol–water partition coefficient (Wildman–Crippen LogP) is 2.83. The van der Waals surface area contributed by atoms with Gasteiger partial charge in [0.15, 0.2) is 0 Å². The topological polar surface area (TPSA) is 55.1 Å². The number of benzene rings is 2. The predicted molar refractivity (Wildman–Crippen MR) is 83.2 cm³/mol. The number of carbonyl (C=O) groups excluding carboxylic acids is 1. The fourth-order valence-electron chi connectivity index (χ4n) is 2.13. The zero-order valence-corrected chi connectivity index (χ0v) is 12.3. The van der Waals surface area contributed by atoms with E-state index in [0.717, 1.165) is 5.56 Å². The van der Waals surface area contributed by atoms with Crippen LogP contribution in [0.2, 0.25) is 0 Å². The first kappa shape index (κ1) is 14.5. The van der Waals surface area contributed by atoms with E-state index in [4.69, 9.17) is 5.73 Å². The van der Waals surface area contributed by atoms with Crippen LogP contribution in [0.5, 0.6) is 0 Å². The molecule has 0 fully saturated rings. The highest BCUT2D eigenvalue weighted by molar-refractivity contribution is 5.87. The molecule has 2 rings (SSSR count). The second kappa shape index (κ2) is 5.63. The van der Waals surface area contributed by atoms with Gasteiger partial charge in [0.2, 0.25) is 5.91 Å². The third-order valence-electron chi connectivity index (χ3n) is 3.55. The van der Waals surface area contributed by atoms with E-state index < -0.39 is 6.04 Å². The summed E-state index contributed by atoms with van der Waals surface area (Å²) in [6.07, 6.45) is 0. The molecule has 1 amide bonds. The van der Waals surface area contributed by atoms with Gasteiger partial charge in [0.05, 0.1) is 6.04 Å². The summed E-state index contributed by atoms with van der Waals surface area (Å²) >= 11 is 0. The summed E-state index contributed by atoms with van der Waals surface area (Å²) in [7, 11) is 0. The zero-order chi connectivity index (χ0) is 14.8. The van der Waals surface area contributed by atoms with Crippen molar-refractivity contribution in [1.82, 2.24) is 5.32 Å². The molecule has 2 aromatic rings. The molecule has 0 saturated carbocycles. The largest absolute Gasteiger partial charge is 0.351 e. The second-order valence-corrected chi connectivity index (χ2v) is 6.20. The molecule has 0 radical (unpaired) electrons. The maximum absolute atomic E-state index is 12.1. The molecule has 106 valence electrons. The first-order chi connectivity index (χ1) is 9.39. The molecule has 0 heterocycles. The fourth-order valence-corrected chi connectivity index (χ4v) is 2.13. The number of nitrogens with one attached hydrogen (secondary N) is 1. The van der Waals surface area contributed by atoms with E-state index in [1.807, 2.05) is 45.0 Å². The molecule has 2 aromatic carbocycles. The lowest BCUT2D eigenvalue weighted by Crippen LogP contribution is -2.48. The Morgan fingerprint density at radius 2 is 1.80 bits per heavy atom. The van der Waals surface area contributed by atoms with Crippen LogP contribution in [0, 0.1) is 5.41 Å². The molecular formula is C17H22N2O. The Morgan fingerprint density at radius 1 is 1.15 bits per heavy atom. The molecule has 0 saturated heterocycles. The van der Waals surface area contributed by atoms with E-state index in [-0.39, 0.29) is 11.3 Å². The Kier molecular flexibility index (Phi) is 4.09. The Balaban J connectivity index is 2.12. The number of rotatable bonds is 3. The zero-order valence-electron chi connectivity index (χ0n) is 12.3. The molecule has 3 heteroatoms. The lowest BCUT2D eigenvalue weighted by atomic mass is 9.87. The summed E-state index contributed by atoms with van der Waals surface area (Å²) in [4.78, 5) is 12.1. The summed E-state index contributed by atoms with van der Waals surface area (Å²) in [6, 6.07) is 13.8. The number of carbonyl (C=O) groups is 1. The Labute approximate surface area is 120 Å². The van der Waals surface area contributed by atoms with E-state index in [1.165, 1.54) is 10.8 Å². The van der Waals surface area contributed by atoms with Crippen LogP contribution >= 0.6 is 0 Å². The molecule has 1 atom stereocenters. The van der Waals surface area contributed by atoms with Crippen molar-refractivity contribution in [1.29, 1.82) is 0 Å². The third kappa shape index (κ3) is 3.17. The number of fused-ring (bicyclic) bond motifs is 1. The van der Waals surface area contributed by atoms with Crippen LogP contribution in [-0.2, 0) is 11.3 Å². The number of hydrogen-bond acceptors (Lipinski definition) is 2. The molecule has 1 unspecified atom stereocenters. The van der Waals surface area contributed by atoms with Crippen LogP contribution in [0.4, 0.5) is 0 Å². The van der Waals surface area contributed by atoms with Crippen LogP contribution in [0.15, 0.2) is 42.5 Å². The average Bonchev–Trinajstić information content (AvgIpc) is 2.42. The van der Waals surface area contributed by atoms with Gasteiger partial charge in [-0.3, -0.25) is 4.79 Å². The van der Waals surface area contributed by atoms with E-state index in [2.05, 4.69) is 23.5 Å². The van der Waals surface area contributed by atoms with Crippen molar-refractivity contribution >= 4 is 16.7 Å². The average molecular weight is 270 g/mol. The minimum absolute atomic E-state index is 0.106. The standard InChI is InChI=1S/C17H22N2O/c1-17(2,3)15(18)16(20)19-11-13-9-6-8-12-7-4-5-10-14(12)13/h4-10,15H,11,18H2,1-3H3,(H,19,20). The van der Waals surface area contributed by atoms with Crippen molar-refractivity contribution in [3.8, 4) is 0 Å². The maximum atomic E-state index is 12.1. The molecule has 0 aromatic heterocycles. The van der Waals surface area contributed by atoms with E-state index in [9.17, 15) is 4.79 Å². The number of amides is 1. The van der Waals surface area contributed by atoms with Crippen LogP contribution in [0.25, 0.3) is 10.8 Å². The Bertz CT molecular complexity index is 608. The maximum Gasteiger partial charge on any atom is 0.237 e. The molecular weight excluding hydrogens is 248 g/mol. The van der Waals surface area contributed by atoms with E-state index >= 15 is 0 Å². The summed E-state index contributed by atoms with van der Waals surface area (Å²) in [5, 5.41) is 5.28. The molecule has 0 aliphatic carbocycles. The van der Waals surface area contributed by atoms with Gasteiger partial charge in [-0.2, -0.15) is 0 Å². The van der Waals surface area contributed by atoms with Crippen molar-refractivity contribution in [2.75, 3.05) is 0 Å². The van der Waals surface area contributed by atoms with Gasteiger partial charge >= 0.3 is 0 Å². The first-order valence-corrected chi connectivity index (χ1v) is 6.89. The smallest absolute Gasteiger partial charge is 0.237 e. The summed E-state index contributed by atoms with van der Waals surface area (Å²) < 4.78 is 0. The van der Waals surface area contributed by atoms with Crippen molar-refractivity contribution in [3.63, 3.8) is 0 Å². The molecule has 20 heavy (non-hydrogen) atoms. The molecule has 3 N–H and O–H groups in total. The minimum Gasteiger partial charge on any atom is -0.351 e. The lowest BCUT2D eigenvalue weighted by molar-refractivity contribution is -0.124. The molecule has 0 aliphatic rings. The highest BCUT2D eigenvalue weighted by Crippen LogP contribution is 2.19. The van der Waals surface area contributed by atoms with Crippen LogP contribution in [0.3, 0.4) is 0 Å². The van der Waals surface area contributed by atoms with Crippen molar-refractivity contribution < 1.29 is 4.79 Å². The highest BCUT2D eigenvalue weighted by Gasteiger charge is 2.27. The quantitative estimate of drug-likeness (QED) is 0.901. The van der Waals surface area contributed by atoms with E-state index in [0.29, 0.717) is 6.54 Å². The SMILES string of the molecule is CC(C)(C)C(N)C(=O)NCc1cccc2ccccc12. The van der Waals surface area contributed by atoms with Crippen LogP contribution in [0.1, 0.15) is 26.3 Å². The minimum atomic E-state index is -0.502. The lowest BCUT2D eigenvalue weighted by Gasteiger charge is -2.25. The van der Waals surface area contributed by atoms with Crippen molar-refractivity contribution in [3.05, 3.63) is 48.0 Å². The summed E-state index contributed by atoms with van der Waals surface area (Å²) in [5.74, 6) is -0.106. The van der Waals surface area contributed by atoms with Gasteiger partial charge < -0.3 is 11.1 Å². The van der Waals surface area contributed by atoms with Gasteiger partial charge in [-0.05, 0) is 21.8 Å². The first-order valence-electron chi connectivity index (χ1n) is 6.89. The van der Waals surface area contributed by atoms with Gasteiger partial charge in [-0.25, -0.2) is 0 Å². The number of hydrogen-bond donors (Lipinski definition) is 2. The van der Waals surface area contributed by atoms with Gasteiger partial charge in [-0.1, -0.05) is 63.2 Å². The Morgan fingerprint density at radius 3 is 2.50 bits per heavy atom. The molecule has 0 bridgehead atoms. The molecule has 0 aliphatic heterocycles. The Hall–Kier alpha value is -1.87. The fraction of sp³-hybridized carbons (Fsp3) is 0.353. The third-order valence-corrected chi connectivity index (χ3v) is 3.55. The van der Waals surface area contributed by atoms with Gasteiger partial charge in [-0.15, -0.1) is 0 Å². The van der Waals surface area contributed by atoms with Gasteiger partial charge in [0.1, 0.15) is 0 Å².